The molecule has 0 unspecified atom stereocenters. The Kier molecular flexibility index (Phi) is 3.97. The molecule has 0 bridgehead atoms. The highest BCUT2D eigenvalue weighted by molar-refractivity contribution is 5.91. The molecule has 19 heavy (non-hydrogen) atoms. The Morgan fingerprint density at radius 2 is 2.37 bits per heavy atom. The summed E-state index contributed by atoms with van der Waals surface area (Å²) in [5.74, 6) is 0.427. The molecule has 1 amide bonds. The van der Waals surface area contributed by atoms with Crippen LogP contribution in [0.3, 0.4) is 0 Å². The molecular weight excluding hydrogens is 246 g/mol. The largest absolute Gasteiger partial charge is 0.495 e. The average Bonchev–Trinajstić information content (AvgIpc) is 2.92. The number of rotatable bonds is 5. The van der Waals surface area contributed by atoms with Gasteiger partial charge < -0.3 is 15.8 Å². The number of carbonyl (C=O) groups excluding carboxylic acids is 1. The van der Waals surface area contributed by atoms with Gasteiger partial charge in [0.2, 0.25) is 5.91 Å². The van der Waals surface area contributed by atoms with Crippen molar-refractivity contribution in [2.24, 2.45) is 0 Å². The van der Waals surface area contributed by atoms with Crippen molar-refractivity contribution < 1.29 is 9.53 Å². The molecule has 2 aromatic rings. The highest BCUT2D eigenvalue weighted by atomic mass is 16.5. The Balaban J connectivity index is 1.91. The van der Waals surface area contributed by atoms with Crippen LogP contribution in [0.15, 0.2) is 30.9 Å². The number of nitrogens with two attached hydrogens (primary N) is 1. The number of methoxy groups -OCH3 is 1. The van der Waals surface area contributed by atoms with Crippen LogP contribution in [-0.4, -0.2) is 27.8 Å². The monoisotopic (exact) mass is 261 g/mol. The van der Waals surface area contributed by atoms with E-state index in [-0.39, 0.29) is 5.91 Å². The maximum absolute atomic E-state index is 11.7. The number of ether oxygens (including phenoxy) is 1. The Morgan fingerprint density at radius 3 is 3.05 bits per heavy atom. The number of amides is 1. The van der Waals surface area contributed by atoms with Gasteiger partial charge in [-0.15, -0.1) is 0 Å². The summed E-state index contributed by atoms with van der Waals surface area (Å²) in [5, 5.41) is 6.69. The lowest BCUT2D eigenvalue weighted by Gasteiger charge is -2.09. The maximum atomic E-state index is 11.7. The summed E-state index contributed by atoms with van der Waals surface area (Å²) in [7, 11) is 1.53. The Morgan fingerprint density at radius 1 is 1.53 bits per heavy atom. The molecule has 3 N–H and O–H groups in total. The second-order valence-electron chi connectivity index (χ2n) is 3.91. The zero-order chi connectivity index (χ0) is 13.7. The number of carbonyl (C=O) groups is 1. The van der Waals surface area contributed by atoms with E-state index in [1.165, 1.54) is 13.4 Å². The molecule has 100 valence electrons. The summed E-state index contributed by atoms with van der Waals surface area (Å²) in [4.78, 5) is 15.6. The van der Waals surface area contributed by atoms with Crippen LogP contribution < -0.4 is 15.8 Å². The van der Waals surface area contributed by atoms with E-state index >= 15 is 0 Å². The van der Waals surface area contributed by atoms with Crippen LogP contribution in [0, 0.1) is 0 Å². The number of aryl methyl sites for hydroxylation is 1. The molecular formula is C12H15N5O2. The van der Waals surface area contributed by atoms with Crippen LogP contribution in [0.4, 0.5) is 11.4 Å². The molecule has 0 radical (unpaired) electrons. The van der Waals surface area contributed by atoms with E-state index < -0.39 is 0 Å². The minimum Gasteiger partial charge on any atom is -0.495 e. The standard InChI is InChI=1S/C12H15N5O2/c1-19-11-6-9(2-3-10(11)13)16-12(18)4-5-17-8-14-7-15-17/h2-3,6-8H,4-5,13H2,1H3,(H,16,18). The van der Waals surface area contributed by atoms with Crippen molar-refractivity contribution >= 4 is 17.3 Å². The van der Waals surface area contributed by atoms with Crippen molar-refractivity contribution in [2.45, 2.75) is 13.0 Å². The second kappa shape index (κ2) is 5.85. The number of anilines is 2. The van der Waals surface area contributed by atoms with Crippen molar-refractivity contribution in [1.29, 1.82) is 0 Å². The third-order valence-corrected chi connectivity index (χ3v) is 2.55. The van der Waals surface area contributed by atoms with Gasteiger partial charge >= 0.3 is 0 Å². The fourth-order valence-corrected chi connectivity index (χ4v) is 1.58. The van der Waals surface area contributed by atoms with E-state index in [4.69, 9.17) is 10.5 Å². The van der Waals surface area contributed by atoms with Crippen LogP contribution in [0.25, 0.3) is 0 Å². The smallest absolute Gasteiger partial charge is 0.226 e. The minimum absolute atomic E-state index is 0.109. The molecule has 7 nitrogen and oxygen atoms in total. The number of nitrogens with one attached hydrogen (secondary N) is 1. The molecule has 0 spiro atoms. The predicted octanol–water partition coefficient (Wildman–Crippen LogP) is 0.898. The summed E-state index contributed by atoms with van der Waals surface area (Å²) < 4.78 is 6.69. The fourth-order valence-electron chi connectivity index (χ4n) is 1.58. The van der Waals surface area contributed by atoms with Crippen LogP contribution in [0.1, 0.15) is 6.42 Å². The summed E-state index contributed by atoms with van der Waals surface area (Å²) >= 11 is 0. The highest BCUT2D eigenvalue weighted by Gasteiger charge is 2.06. The topological polar surface area (TPSA) is 95.1 Å². The van der Waals surface area contributed by atoms with Gasteiger partial charge in [0.1, 0.15) is 18.4 Å². The van der Waals surface area contributed by atoms with E-state index in [2.05, 4.69) is 15.4 Å². The van der Waals surface area contributed by atoms with Crippen LogP contribution in [-0.2, 0) is 11.3 Å². The van der Waals surface area contributed by atoms with Crippen molar-refractivity contribution in [2.75, 3.05) is 18.2 Å². The quantitative estimate of drug-likeness (QED) is 0.780. The number of nitrogens with zero attached hydrogens (tertiary/aromatic N) is 3. The van der Waals surface area contributed by atoms with Gasteiger partial charge in [0.25, 0.3) is 0 Å². The summed E-state index contributed by atoms with van der Waals surface area (Å²) in [6.07, 6.45) is 3.32. The first-order valence-corrected chi connectivity index (χ1v) is 5.75. The number of nitrogen functional groups attached to an aromatic ring is 1. The molecule has 0 aliphatic rings. The molecule has 7 heteroatoms. The molecule has 0 saturated heterocycles. The van der Waals surface area contributed by atoms with Gasteiger partial charge in [0, 0.05) is 18.2 Å². The lowest BCUT2D eigenvalue weighted by molar-refractivity contribution is -0.116. The predicted molar refractivity (Wildman–Crippen MR) is 70.7 cm³/mol. The number of hydrogen-bond acceptors (Lipinski definition) is 5. The lowest BCUT2D eigenvalue weighted by atomic mass is 10.2. The average molecular weight is 261 g/mol. The zero-order valence-electron chi connectivity index (χ0n) is 10.5. The van der Waals surface area contributed by atoms with E-state index in [0.717, 1.165) is 0 Å². The number of aromatic nitrogens is 3. The summed E-state index contributed by atoms with van der Waals surface area (Å²) in [5.41, 5.74) is 6.88. The van der Waals surface area contributed by atoms with Gasteiger partial charge in [-0.2, -0.15) is 5.10 Å². The molecule has 0 aliphatic heterocycles. The van der Waals surface area contributed by atoms with Crippen molar-refractivity contribution in [3.63, 3.8) is 0 Å². The molecule has 1 heterocycles. The third kappa shape index (κ3) is 3.44. The van der Waals surface area contributed by atoms with Gasteiger partial charge in [0.15, 0.2) is 0 Å². The molecule has 0 saturated carbocycles. The second-order valence-corrected chi connectivity index (χ2v) is 3.91. The summed E-state index contributed by atoms with van der Waals surface area (Å²) in [6.45, 7) is 0.484. The lowest BCUT2D eigenvalue weighted by Crippen LogP contribution is -2.14. The normalized spacial score (nSPS) is 10.2. The summed E-state index contributed by atoms with van der Waals surface area (Å²) in [6, 6.07) is 5.10. The van der Waals surface area contributed by atoms with Gasteiger partial charge in [-0.05, 0) is 12.1 Å². The van der Waals surface area contributed by atoms with Gasteiger partial charge in [-0.3, -0.25) is 9.48 Å². The Hall–Kier alpha value is -2.57. The van der Waals surface area contributed by atoms with E-state index in [0.29, 0.717) is 30.1 Å². The van der Waals surface area contributed by atoms with Crippen molar-refractivity contribution in [1.82, 2.24) is 14.8 Å². The van der Waals surface area contributed by atoms with Crippen molar-refractivity contribution in [3.05, 3.63) is 30.9 Å². The number of hydrogen-bond donors (Lipinski definition) is 2. The molecule has 1 aromatic carbocycles. The van der Waals surface area contributed by atoms with E-state index in [9.17, 15) is 4.79 Å². The molecule has 1 aromatic heterocycles. The molecule has 0 fully saturated rings. The molecule has 2 rings (SSSR count). The minimum atomic E-state index is -0.109. The van der Waals surface area contributed by atoms with E-state index in [1.54, 1.807) is 29.2 Å². The Labute approximate surface area is 110 Å². The first-order chi connectivity index (χ1) is 9.19. The molecule has 0 atom stereocenters. The van der Waals surface area contributed by atoms with Crippen LogP contribution >= 0.6 is 0 Å². The Bertz CT molecular complexity index is 553. The zero-order valence-corrected chi connectivity index (χ0v) is 10.5. The SMILES string of the molecule is COc1cc(NC(=O)CCn2cncn2)ccc1N. The van der Waals surface area contributed by atoms with Crippen molar-refractivity contribution in [3.8, 4) is 5.75 Å². The molecule has 0 aliphatic carbocycles. The fraction of sp³-hybridized carbons (Fsp3) is 0.250. The van der Waals surface area contributed by atoms with Gasteiger partial charge in [0.05, 0.1) is 19.3 Å². The first kappa shape index (κ1) is 12.9. The maximum Gasteiger partial charge on any atom is 0.226 e. The highest BCUT2D eigenvalue weighted by Crippen LogP contribution is 2.24. The van der Waals surface area contributed by atoms with Crippen LogP contribution in [0.5, 0.6) is 5.75 Å². The van der Waals surface area contributed by atoms with Gasteiger partial charge in [-0.25, -0.2) is 4.98 Å². The first-order valence-electron chi connectivity index (χ1n) is 5.75. The number of benzene rings is 1. The van der Waals surface area contributed by atoms with Gasteiger partial charge in [-0.1, -0.05) is 0 Å². The third-order valence-electron chi connectivity index (χ3n) is 2.55. The van der Waals surface area contributed by atoms with E-state index in [1.807, 2.05) is 0 Å². The van der Waals surface area contributed by atoms with Crippen LogP contribution in [0.2, 0.25) is 0 Å².